The van der Waals surface area contributed by atoms with Gasteiger partial charge in [-0.2, -0.15) is 0 Å². The summed E-state index contributed by atoms with van der Waals surface area (Å²) in [5.41, 5.74) is 7.80. The molecule has 0 saturated heterocycles. The molecule has 3 aromatic carbocycles. The third-order valence-corrected chi connectivity index (χ3v) is 5.59. The molecule has 0 aliphatic rings. The van der Waals surface area contributed by atoms with Crippen LogP contribution in [-0.4, -0.2) is 22.2 Å². The van der Waals surface area contributed by atoms with Crippen LogP contribution in [-0.2, 0) is 4.79 Å². The average molecular weight is 451 g/mol. The van der Waals surface area contributed by atoms with E-state index in [4.69, 9.17) is 18.0 Å². The van der Waals surface area contributed by atoms with E-state index in [1.807, 2.05) is 54.6 Å². The Labute approximate surface area is 190 Å². The topological polar surface area (TPSA) is 96.2 Å². The number of rotatable bonds is 7. The number of hydrogen-bond acceptors (Lipinski definition) is 4. The molecule has 1 unspecified atom stereocenters. The molecular weight excluding hydrogens is 428 g/mol. The van der Waals surface area contributed by atoms with Crippen molar-refractivity contribution in [2.45, 2.75) is 17.1 Å². The minimum Gasteiger partial charge on any atom is -0.366 e. The quantitative estimate of drug-likeness (QED) is 0.307. The molecule has 3 aromatic rings. The summed E-state index contributed by atoms with van der Waals surface area (Å²) in [5.74, 6) is -0.798. The number of para-hydroxylation sites is 2. The number of primary amides is 1. The van der Waals surface area contributed by atoms with Crippen molar-refractivity contribution in [3.63, 3.8) is 0 Å². The third-order valence-electron chi connectivity index (χ3n) is 4.28. The molecule has 0 bridgehead atoms. The molecule has 3 rings (SSSR count). The second-order valence-electron chi connectivity index (χ2n) is 6.63. The summed E-state index contributed by atoms with van der Waals surface area (Å²) in [5, 5.41) is 9.14. The molecule has 0 saturated carbocycles. The zero-order chi connectivity index (χ0) is 22.2. The Kier molecular flexibility index (Phi) is 7.64. The number of thioether (sulfide) groups is 1. The van der Waals surface area contributed by atoms with Crippen LogP contribution >= 0.6 is 24.0 Å². The summed E-state index contributed by atoms with van der Waals surface area (Å²) in [6.45, 7) is 1.80. The Hall–Kier alpha value is -3.36. The number of hydrogen-bond donors (Lipinski definition) is 4. The zero-order valence-electron chi connectivity index (χ0n) is 16.8. The number of amides is 2. The van der Waals surface area contributed by atoms with Gasteiger partial charge in [-0.25, -0.2) is 0 Å². The summed E-state index contributed by atoms with van der Waals surface area (Å²) >= 11 is 6.74. The molecule has 0 spiro atoms. The van der Waals surface area contributed by atoms with E-state index in [2.05, 4.69) is 16.0 Å². The first-order chi connectivity index (χ1) is 14.9. The second-order valence-corrected chi connectivity index (χ2v) is 8.45. The standard InChI is InChI=1S/C23H22N4O2S2/c1-15(22(29)27-20-10-6-5-9-19(20)21(24)28)31-18-13-11-17(12-14-18)26-23(30)25-16-7-3-2-4-8-16/h2-15H,1H3,(H2,24,28)(H,27,29)(H2,25,26,30). The highest BCUT2D eigenvalue weighted by atomic mass is 32.2. The van der Waals surface area contributed by atoms with E-state index in [1.165, 1.54) is 11.8 Å². The molecule has 31 heavy (non-hydrogen) atoms. The van der Waals surface area contributed by atoms with E-state index in [0.717, 1.165) is 16.3 Å². The van der Waals surface area contributed by atoms with Crippen molar-refractivity contribution in [1.82, 2.24) is 0 Å². The largest absolute Gasteiger partial charge is 0.366 e. The van der Waals surface area contributed by atoms with E-state index in [1.54, 1.807) is 31.2 Å². The van der Waals surface area contributed by atoms with E-state index < -0.39 is 5.91 Å². The Morgan fingerprint density at radius 1 is 0.839 bits per heavy atom. The maximum absolute atomic E-state index is 12.6. The van der Waals surface area contributed by atoms with E-state index in [0.29, 0.717) is 10.8 Å². The van der Waals surface area contributed by atoms with Crippen molar-refractivity contribution >= 4 is 58.0 Å². The van der Waals surface area contributed by atoms with Gasteiger partial charge in [0.05, 0.1) is 16.5 Å². The first-order valence-electron chi connectivity index (χ1n) is 9.52. The van der Waals surface area contributed by atoms with Gasteiger partial charge in [0.1, 0.15) is 0 Å². The number of carbonyl (C=O) groups excluding carboxylic acids is 2. The summed E-state index contributed by atoms with van der Waals surface area (Å²) in [7, 11) is 0. The molecular formula is C23H22N4O2S2. The number of benzene rings is 3. The molecule has 0 aromatic heterocycles. The van der Waals surface area contributed by atoms with Gasteiger partial charge in [0.15, 0.2) is 5.11 Å². The molecule has 6 nitrogen and oxygen atoms in total. The second kappa shape index (κ2) is 10.6. The predicted molar refractivity (Wildman–Crippen MR) is 132 cm³/mol. The monoisotopic (exact) mass is 450 g/mol. The van der Waals surface area contributed by atoms with E-state index in [9.17, 15) is 9.59 Å². The van der Waals surface area contributed by atoms with Crippen LogP contribution < -0.4 is 21.7 Å². The Balaban J connectivity index is 1.55. The van der Waals surface area contributed by atoms with Crippen LogP contribution in [0.1, 0.15) is 17.3 Å². The van der Waals surface area contributed by atoms with Crippen LogP contribution in [0.25, 0.3) is 0 Å². The van der Waals surface area contributed by atoms with Gasteiger partial charge in [-0.15, -0.1) is 11.8 Å². The summed E-state index contributed by atoms with van der Waals surface area (Å²) < 4.78 is 0. The highest BCUT2D eigenvalue weighted by Crippen LogP contribution is 2.26. The maximum atomic E-state index is 12.6. The van der Waals surface area contributed by atoms with Crippen molar-refractivity contribution in [2.75, 3.05) is 16.0 Å². The van der Waals surface area contributed by atoms with Crippen LogP contribution in [0.2, 0.25) is 0 Å². The molecule has 0 aliphatic carbocycles. The molecule has 0 fully saturated rings. The first kappa shape index (κ1) is 22.3. The Bertz CT molecular complexity index is 1070. The van der Waals surface area contributed by atoms with E-state index >= 15 is 0 Å². The highest BCUT2D eigenvalue weighted by Gasteiger charge is 2.17. The third kappa shape index (κ3) is 6.56. The van der Waals surface area contributed by atoms with Crippen molar-refractivity contribution in [3.05, 3.63) is 84.4 Å². The average Bonchev–Trinajstić information content (AvgIpc) is 2.76. The van der Waals surface area contributed by atoms with Gasteiger partial charge >= 0.3 is 0 Å². The lowest BCUT2D eigenvalue weighted by molar-refractivity contribution is -0.115. The molecule has 5 N–H and O–H groups in total. The molecule has 1 atom stereocenters. The van der Waals surface area contributed by atoms with Gasteiger partial charge < -0.3 is 21.7 Å². The number of anilines is 3. The minimum absolute atomic E-state index is 0.214. The van der Waals surface area contributed by atoms with Crippen LogP contribution in [0.15, 0.2) is 83.8 Å². The van der Waals surface area contributed by atoms with Gasteiger partial charge in [0, 0.05) is 16.3 Å². The van der Waals surface area contributed by atoms with Crippen LogP contribution in [0, 0.1) is 0 Å². The van der Waals surface area contributed by atoms with Gasteiger partial charge in [-0.1, -0.05) is 30.3 Å². The first-order valence-corrected chi connectivity index (χ1v) is 10.8. The van der Waals surface area contributed by atoms with Gasteiger partial charge in [0.2, 0.25) is 5.91 Å². The van der Waals surface area contributed by atoms with Crippen molar-refractivity contribution in [3.8, 4) is 0 Å². The maximum Gasteiger partial charge on any atom is 0.250 e. The zero-order valence-corrected chi connectivity index (χ0v) is 18.4. The van der Waals surface area contributed by atoms with Crippen molar-refractivity contribution in [2.24, 2.45) is 5.73 Å². The minimum atomic E-state index is -0.584. The fourth-order valence-corrected chi connectivity index (χ4v) is 3.83. The van der Waals surface area contributed by atoms with Crippen molar-refractivity contribution < 1.29 is 9.59 Å². The molecule has 2 amide bonds. The number of thiocarbonyl (C=S) groups is 1. The number of carbonyl (C=O) groups is 2. The van der Waals surface area contributed by atoms with Gasteiger partial charge in [-0.3, -0.25) is 9.59 Å². The predicted octanol–water partition coefficient (Wildman–Crippen LogP) is 4.71. The van der Waals surface area contributed by atoms with E-state index in [-0.39, 0.29) is 16.7 Å². The highest BCUT2D eigenvalue weighted by molar-refractivity contribution is 8.00. The molecule has 0 heterocycles. The summed E-state index contributed by atoms with van der Waals surface area (Å²) in [4.78, 5) is 25.0. The molecule has 8 heteroatoms. The fraction of sp³-hybridized carbons (Fsp3) is 0.0870. The van der Waals surface area contributed by atoms with Crippen LogP contribution in [0.3, 0.4) is 0 Å². The molecule has 0 radical (unpaired) electrons. The summed E-state index contributed by atoms with van der Waals surface area (Å²) in [6.07, 6.45) is 0. The molecule has 0 aliphatic heterocycles. The van der Waals surface area contributed by atoms with Crippen LogP contribution in [0.4, 0.5) is 17.1 Å². The normalized spacial score (nSPS) is 11.3. The van der Waals surface area contributed by atoms with Gasteiger partial charge in [-0.05, 0) is 67.7 Å². The molecule has 158 valence electrons. The number of nitrogens with two attached hydrogens (primary N) is 1. The lowest BCUT2D eigenvalue weighted by Gasteiger charge is -2.14. The fourth-order valence-electron chi connectivity index (χ4n) is 2.73. The SMILES string of the molecule is CC(Sc1ccc(NC(=S)Nc2ccccc2)cc1)C(=O)Nc1ccccc1C(N)=O. The smallest absolute Gasteiger partial charge is 0.250 e. The number of nitrogens with one attached hydrogen (secondary N) is 3. The van der Waals surface area contributed by atoms with Gasteiger partial charge in [0.25, 0.3) is 5.91 Å². The Morgan fingerprint density at radius 2 is 1.42 bits per heavy atom. The Morgan fingerprint density at radius 3 is 2.06 bits per heavy atom. The lowest BCUT2D eigenvalue weighted by Crippen LogP contribution is -2.24. The summed E-state index contributed by atoms with van der Waals surface area (Å²) in [6, 6.07) is 24.0. The lowest BCUT2D eigenvalue weighted by atomic mass is 10.1. The van der Waals surface area contributed by atoms with Crippen LogP contribution in [0.5, 0.6) is 0 Å². The van der Waals surface area contributed by atoms with Crippen molar-refractivity contribution in [1.29, 1.82) is 0 Å².